The summed E-state index contributed by atoms with van der Waals surface area (Å²) in [6.07, 6.45) is 5.21. The Morgan fingerprint density at radius 1 is 1.32 bits per heavy atom. The van der Waals surface area contributed by atoms with E-state index in [2.05, 4.69) is 25.9 Å². The molecule has 3 heterocycles. The topological polar surface area (TPSA) is 85.7 Å². The van der Waals surface area contributed by atoms with Gasteiger partial charge in [0.25, 0.3) is 0 Å². The number of nitrogens with zero attached hydrogens (tertiary/aromatic N) is 4. The smallest absolute Gasteiger partial charge is 0.357 e. The number of fused-ring (bicyclic) bond motifs is 1. The molecule has 4 rings (SSSR count). The number of hydroxylamine groups is 2. The summed E-state index contributed by atoms with van der Waals surface area (Å²) in [5, 5.41) is 1.70. The predicted molar refractivity (Wildman–Crippen MR) is 95.6 cm³/mol. The van der Waals surface area contributed by atoms with Crippen molar-refractivity contribution >= 4 is 33.2 Å². The first-order chi connectivity index (χ1) is 12.1. The van der Waals surface area contributed by atoms with Crippen molar-refractivity contribution in [3.8, 4) is 0 Å². The molecule has 0 saturated carbocycles. The van der Waals surface area contributed by atoms with Gasteiger partial charge in [0.15, 0.2) is 5.82 Å². The number of anilines is 1. The Morgan fingerprint density at radius 3 is 2.92 bits per heavy atom. The summed E-state index contributed by atoms with van der Waals surface area (Å²) in [4.78, 5) is 26.7. The standard InChI is InChI=1S/C17H16BrN5O2/c18-14-13-15(19)20-8-10-22(13)16(21-14)12-7-4-9-23(12)25-17(24)11-5-2-1-3-6-11/h1-3,5-6,8,10,12H,4,7,9H2,(H2,19,20). The van der Waals surface area contributed by atoms with Crippen LogP contribution in [0.3, 0.4) is 0 Å². The molecule has 0 radical (unpaired) electrons. The lowest BCUT2D eigenvalue weighted by molar-refractivity contribution is -0.122. The molecule has 2 N–H and O–H groups in total. The minimum absolute atomic E-state index is 0.131. The Hall–Kier alpha value is -2.45. The normalized spacial score (nSPS) is 17.9. The number of nitrogens with two attached hydrogens (primary N) is 1. The maximum atomic E-state index is 12.4. The van der Waals surface area contributed by atoms with E-state index in [-0.39, 0.29) is 12.0 Å². The van der Waals surface area contributed by atoms with Crippen molar-refractivity contribution in [2.75, 3.05) is 12.3 Å². The van der Waals surface area contributed by atoms with Crippen molar-refractivity contribution in [2.45, 2.75) is 18.9 Å². The molecule has 3 aromatic rings. The van der Waals surface area contributed by atoms with E-state index >= 15 is 0 Å². The Bertz CT molecular complexity index is 927. The molecule has 0 bridgehead atoms. The zero-order valence-electron chi connectivity index (χ0n) is 13.3. The monoisotopic (exact) mass is 401 g/mol. The fraction of sp³-hybridized carbons (Fsp3) is 0.235. The summed E-state index contributed by atoms with van der Waals surface area (Å²) < 4.78 is 2.53. The van der Waals surface area contributed by atoms with Crippen LogP contribution in [-0.2, 0) is 4.84 Å². The number of aromatic nitrogens is 3. The number of nitrogen functional groups attached to an aromatic ring is 1. The van der Waals surface area contributed by atoms with Crippen molar-refractivity contribution in [3.05, 3.63) is 58.7 Å². The van der Waals surface area contributed by atoms with E-state index in [9.17, 15) is 4.79 Å². The number of hydrogen-bond acceptors (Lipinski definition) is 6. The molecule has 0 spiro atoms. The summed E-state index contributed by atoms with van der Waals surface area (Å²) in [7, 11) is 0. The van der Waals surface area contributed by atoms with E-state index in [1.807, 2.05) is 28.8 Å². The maximum absolute atomic E-state index is 12.4. The molecule has 128 valence electrons. The van der Waals surface area contributed by atoms with E-state index < -0.39 is 0 Å². The molecular weight excluding hydrogens is 386 g/mol. The number of carbonyl (C=O) groups is 1. The minimum Gasteiger partial charge on any atom is -0.382 e. The van der Waals surface area contributed by atoms with Crippen molar-refractivity contribution in [1.82, 2.24) is 19.4 Å². The third-order valence-corrected chi connectivity index (χ3v) is 4.83. The number of rotatable bonds is 3. The van der Waals surface area contributed by atoms with Gasteiger partial charge in [0.1, 0.15) is 22.0 Å². The second-order valence-electron chi connectivity index (χ2n) is 5.84. The number of hydrogen-bond donors (Lipinski definition) is 1. The zero-order valence-corrected chi connectivity index (χ0v) is 14.9. The van der Waals surface area contributed by atoms with E-state index in [0.29, 0.717) is 22.5 Å². The second kappa shape index (κ2) is 6.45. The van der Waals surface area contributed by atoms with Gasteiger partial charge in [0.05, 0.1) is 5.56 Å². The number of carbonyl (C=O) groups excluding carboxylic acids is 1. The van der Waals surface area contributed by atoms with Crippen molar-refractivity contribution in [2.24, 2.45) is 0 Å². The third-order valence-electron chi connectivity index (χ3n) is 4.28. The van der Waals surface area contributed by atoms with Gasteiger partial charge in [0, 0.05) is 18.9 Å². The molecule has 25 heavy (non-hydrogen) atoms. The largest absolute Gasteiger partial charge is 0.382 e. The Labute approximate surface area is 152 Å². The van der Waals surface area contributed by atoms with Crippen LogP contribution >= 0.6 is 15.9 Å². The lowest BCUT2D eigenvalue weighted by atomic mass is 10.2. The van der Waals surface area contributed by atoms with Crippen LogP contribution in [0.1, 0.15) is 35.1 Å². The van der Waals surface area contributed by atoms with E-state index in [0.717, 1.165) is 24.2 Å². The maximum Gasteiger partial charge on any atom is 0.357 e. The first-order valence-corrected chi connectivity index (χ1v) is 8.76. The highest BCUT2D eigenvalue weighted by Crippen LogP contribution is 2.35. The number of imidazole rings is 1. The van der Waals surface area contributed by atoms with Crippen LogP contribution in [0.5, 0.6) is 0 Å². The summed E-state index contributed by atoms with van der Waals surface area (Å²) >= 11 is 3.44. The van der Waals surface area contributed by atoms with Crippen LogP contribution in [0.15, 0.2) is 47.3 Å². The van der Waals surface area contributed by atoms with Gasteiger partial charge in [-0.15, -0.1) is 5.06 Å². The summed E-state index contributed by atoms with van der Waals surface area (Å²) in [5.74, 6) is 0.807. The molecule has 2 aromatic heterocycles. The van der Waals surface area contributed by atoms with Crippen molar-refractivity contribution in [3.63, 3.8) is 0 Å². The van der Waals surface area contributed by atoms with Gasteiger partial charge < -0.3 is 10.6 Å². The molecule has 1 aliphatic heterocycles. The molecule has 1 fully saturated rings. The third kappa shape index (κ3) is 2.87. The van der Waals surface area contributed by atoms with Gasteiger partial charge >= 0.3 is 5.97 Å². The molecule has 1 atom stereocenters. The predicted octanol–water partition coefficient (Wildman–Crippen LogP) is 2.98. The van der Waals surface area contributed by atoms with Gasteiger partial charge in [0.2, 0.25) is 0 Å². The highest BCUT2D eigenvalue weighted by Gasteiger charge is 2.33. The Morgan fingerprint density at radius 2 is 2.12 bits per heavy atom. The van der Waals surface area contributed by atoms with E-state index in [1.165, 1.54) is 0 Å². The Kier molecular flexibility index (Phi) is 4.14. The van der Waals surface area contributed by atoms with Crippen molar-refractivity contribution < 1.29 is 9.63 Å². The van der Waals surface area contributed by atoms with Crippen LogP contribution in [0.25, 0.3) is 5.52 Å². The SMILES string of the molecule is Nc1nccn2c(C3CCCN3OC(=O)c3ccccc3)nc(Br)c12. The minimum atomic E-state index is -0.367. The van der Waals surface area contributed by atoms with Gasteiger partial charge in [-0.1, -0.05) is 18.2 Å². The Balaban J connectivity index is 1.64. The quantitative estimate of drug-likeness (QED) is 0.725. The zero-order chi connectivity index (χ0) is 17.4. The van der Waals surface area contributed by atoms with Crippen LogP contribution in [-0.4, -0.2) is 31.9 Å². The second-order valence-corrected chi connectivity index (χ2v) is 6.59. The first-order valence-electron chi connectivity index (χ1n) is 7.97. The number of halogens is 1. The summed E-state index contributed by atoms with van der Waals surface area (Å²) in [6, 6.07) is 8.83. The van der Waals surface area contributed by atoms with E-state index in [4.69, 9.17) is 10.6 Å². The molecule has 0 amide bonds. The average molecular weight is 402 g/mol. The molecule has 0 aliphatic carbocycles. The van der Waals surface area contributed by atoms with Gasteiger partial charge in [-0.2, -0.15) is 0 Å². The molecule has 8 heteroatoms. The lowest BCUT2D eigenvalue weighted by Gasteiger charge is -2.22. The average Bonchev–Trinajstić information content (AvgIpc) is 3.20. The highest BCUT2D eigenvalue weighted by molar-refractivity contribution is 9.10. The first kappa shape index (κ1) is 16.0. The molecular formula is C17H16BrN5O2. The van der Waals surface area contributed by atoms with Crippen LogP contribution in [0.4, 0.5) is 5.82 Å². The highest BCUT2D eigenvalue weighted by atomic mass is 79.9. The molecule has 1 saturated heterocycles. The molecule has 7 nitrogen and oxygen atoms in total. The fourth-order valence-corrected chi connectivity index (χ4v) is 3.69. The lowest BCUT2D eigenvalue weighted by Crippen LogP contribution is -2.28. The molecule has 1 aromatic carbocycles. The van der Waals surface area contributed by atoms with Crippen LogP contribution in [0, 0.1) is 0 Å². The van der Waals surface area contributed by atoms with Gasteiger partial charge in [-0.3, -0.25) is 4.40 Å². The summed E-state index contributed by atoms with van der Waals surface area (Å²) in [6.45, 7) is 0.663. The summed E-state index contributed by atoms with van der Waals surface area (Å²) in [5.41, 5.74) is 7.20. The van der Waals surface area contributed by atoms with Crippen LogP contribution in [0.2, 0.25) is 0 Å². The molecule has 1 unspecified atom stereocenters. The van der Waals surface area contributed by atoms with Crippen molar-refractivity contribution in [1.29, 1.82) is 0 Å². The van der Waals surface area contributed by atoms with Gasteiger partial charge in [-0.25, -0.2) is 14.8 Å². The molecule has 1 aliphatic rings. The van der Waals surface area contributed by atoms with Crippen LogP contribution < -0.4 is 5.73 Å². The number of benzene rings is 1. The fourth-order valence-electron chi connectivity index (χ4n) is 3.12. The van der Waals surface area contributed by atoms with Gasteiger partial charge in [-0.05, 0) is 40.9 Å². The van der Waals surface area contributed by atoms with E-state index in [1.54, 1.807) is 23.4 Å².